The third kappa shape index (κ3) is 3.37. The molecule has 128 valence electrons. The Bertz CT molecular complexity index is 1180. The van der Waals surface area contributed by atoms with Crippen LogP contribution in [-0.4, -0.2) is 15.9 Å². The van der Waals surface area contributed by atoms with E-state index in [1.54, 1.807) is 42.7 Å². The van der Waals surface area contributed by atoms with Crippen molar-refractivity contribution in [2.75, 3.05) is 5.32 Å². The lowest BCUT2D eigenvalue weighted by Crippen LogP contribution is -2.13. The van der Waals surface area contributed by atoms with Gasteiger partial charge in [0.15, 0.2) is 0 Å². The molecule has 4 aromatic rings. The highest BCUT2D eigenvalue weighted by Gasteiger charge is 2.14. The first-order valence-electron chi connectivity index (χ1n) is 8.36. The van der Waals surface area contributed by atoms with Gasteiger partial charge in [0.1, 0.15) is 0 Å². The summed E-state index contributed by atoms with van der Waals surface area (Å²) in [5, 5.41) is 12.7. The second kappa shape index (κ2) is 7.06. The molecule has 0 aliphatic heterocycles. The van der Waals surface area contributed by atoms with E-state index < -0.39 is 0 Å². The summed E-state index contributed by atoms with van der Waals surface area (Å²) in [6.45, 7) is 0. The number of carbonyl (C=O) groups is 1. The molecule has 0 spiro atoms. The molecule has 0 fully saturated rings. The zero-order valence-corrected chi connectivity index (χ0v) is 14.3. The van der Waals surface area contributed by atoms with Crippen molar-refractivity contribution < 1.29 is 4.79 Å². The molecule has 0 saturated carbocycles. The number of anilines is 1. The van der Waals surface area contributed by atoms with Crippen LogP contribution >= 0.6 is 0 Å². The number of rotatable bonds is 3. The van der Waals surface area contributed by atoms with Crippen LogP contribution in [0.15, 0.2) is 79.1 Å². The summed E-state index contributed by atoms with van der Waals surface area (Å²) in [4.78, 5) is 21.7. The minimum atomic E-state index is -0.251. The second-order valence-corrected chi connectivity index (χ2v) is 5.95. The Morgan fingerprint density at radius 1 is 0.963 bits per heavy atom. The summed E-state index contributed by atoms with van der Waals surface area (Å²) in [7, 11) is 0. The molecule has 0 bridgehead atoms. The largest absolute Gasteiger partial charge is 0.322 e. The number of hydrogen-bond acceptors (Lipinski definition) is 4. The van der Waals surface area contributed by atoms with Crippen molar-refractivity contribution in [3.05, 3.63) is 90.3 Å². The summed E-state index contributed by atoms with van der Waals surface area (Å²) in [5.41, 5.74) is 3.91. The first-order chi connectivity index (χ1) is 13.2. The normalized spacial score (nSPS) is 10.3. The maximum atomic E-state index is 13.0. The van der Waals surface area contributed by atoms with Gasteiger partial charge in [-0.2, -0.15) is 5.26 Å². The van der Waals surface area contributed by atoms with Gasteiger partial charge in [-0.3, -0.25) is 9.78 Å². The fourth-order valence-electron chi connectivity index (χ4n) is 2.90. The average molecular weight is 350 g/mol. The predicted octanol–water partition coefficient (Wildman–Crippen LogP) is 4.42. The number of aromatic nitrogens is 2. The van der Waals surface area contributed by atoms with Crippen molar-refractivity contribution in [2.24, 2.45) is 0 Å². The van der Waals surface area contributed by atoms with Crippen LogP contribution < -0.4 is 5.32 Å². The minimum Gasteiger partial charge on any atom is -0.322 e. The van der Waals surface area contributed by atoms with Crippen LogP contribution in [0.25, 0.3) is 22.2 Å². The number of carbonyl (C=O) groups excluding carboxylic acids is 1. The van der Waals surface area contributed by atoms with Gasteiger partial charge in [-0.15, -0.1) is 0 Å². The van der Waals surface area contributed by atoms with Crippen LogP contribution in [0, 0.1) is 11.3 Å². The summed E-state index contributed by atoms with van der Waals surface area (Å²) >= 11 is 0. The molecule has 5 nitrogen and oxygen atoms in total. The van der Waals surface area contributed by atoms with E-state index in [1.807, 2.05) is 36.4 Å². The van der Waals surface area contributed by atoms with Gasteiger partial charge in [0.05, 0.1) is 28.4 Å². The lowest BCUT2D eigenvalue weighted by Gasteiger charge is -2.11. The van der Waals surface area contributed by atoms with Crippen molar-refractivity contribution >= 4 is 22.5 Å². The van der Waals surface area contributed by atoms with Crippen LogP contribution in [0.2, 0.25) is 0 Å². The maximum absolute atomic E-state index is 13.0. The van der Waals surface area contributed by atoms with E-state index in [4.69, 9.17) is 5.26 Å². The van der Waals surface area contributed by atoms with Gasteiger partial charge in [0, 0.05) is 29.0 Å². The monoisotopic (exact) mass is 350 g/mol. The summed E-state index contributed by atoms with van der Waals surface area (Å²) in [5.74, 6) is -0.251. The Labute approximate surface area is 156 Å². The molecule has 0 radical (unpaired) electrons. The molecular formula is C22H14N4O. The Morgan fingerprint density at radius 3 is 2.59 bits per heavy atom. The molecule has 2 aromatic carbocycles. The molecule has 2 aromatic heterocycles. The van der Waals surface area contributed by atoms with E-state index in [0.717, 1.165) is 16.5 Å². The van der Waals surface area contributed by atoms with Crippen molar-refractivity contribution in [3.8, 4) is 17.3 Å². The van der Waals surface area contributed by atoms with Crippen molar-refractivity contribution in [2.45, 2.75) is 0 Å². The Kier molecular flexibility index (Phi) is 4.30. The smallest absolute Gasteiger partial charge is 0.256 e. The maximum Gasteiger partial charge on any atom is 0.256 e. The molecule has 0 saturated heterocycles. The van der Waals surface area contributed by atoms with Crippen molar-refractivity contribution in [1.82, 2.24) is 9.97 Å². The third-order valence-corrected chi connectivity index (χ3v) is 4.19. The molecule has 0 unspecified atom stereocenters. The molecule has 1 N–H and O–H groups in total. The minimum absolute atomic E-state index is 0.251. The van der Waals surface area contributed by atoms with Crippen molar-refractivity contribution in [1.29, 1.82) is 5.26 Å². The lowest BCUT2D eigenvalue weighted by atomic mass is 10.0. The van der Waals surface area contributed by atoms with Gasteiger partial charge >= 0.3 is 0 Å². The SMILES string of the molecule is N#Cc1cccc(NC(=O)c2cc(-c3ccncc3)nc3ccccc23)c1. The molecular weight excluding hydrogens is 336 g/mol. The molecule has 27 heavy (non-hydrogen) atoms. The fourth-order valence-corrected chi connectivity index (χ4v) is 2.90. The third-order valence-electron chi connectivity index (χ3n) is 4.19. The van der Waals surface area contributed by atoms with E-state index in [2.05, 4.69) is 21.4 Å². The molecule has 5 heteroatoms. The number of fused-ring (bicyclic) bond motifs is 1. The van der Waals surface area contributed by atoms with E-state index >= 15 is 0 Å². The molecule has 2 heterocycles. The highest BCUT2D eigenvalue weighted by molar-refractivity contribution is 6.13. The fraction of sp³-hybridized carbons (Fsp3) is 0. The second-order valence-electron chi connectivity index (χ2n) is 5.95. The molecule has 0 aliphatic rings. The zero-order valence-electron chi connectivity index (χ0n) is 14.3. The van der Waals surface area contributed by atoms with Gasteiger partial charge in [0.2, 0.25) is 0 Å². The molecule has 0 aliphatic carbocycles. The molecule has 0 atom stereocenters. The topological polar surface area (TPSA) is 78.7 Å². The Morgan fingerprint density at radius 2 is 1.78 bits per heavy atom. The van der Waals surface area contributed by atoms with E-state index in [9.17, 15) is 4.79 Å². The standard InChI is InChI=1S/C22H14N4O/c23-14-15-4-3-5-17(12-15)25-22(27)19-13-21(16-8-10-24-11-9-16)26-20-7-2-1-6-18(19)20/h1-13H,(H,25,27). The first-order valence-corrected chi connectivity index (χ1v) is 8.36. The molecule has 4 rings (SSSR count). The Hall–Kier alpha value is -4.04. The van der Waals surface area contributed by atoms with Gasteiger partial charge in [-0.1, -0.05) is 24.3 Å². The highest BCUT2D eigenvalue weighted by atomic mass is 16.1. The number of para-hydroxylation sites is 1. The number of benzene rings is 2. The van der Waals surface area contributed by atoms with Gasteiger partial charge in [0.25, 0.3) is 5.91 Å². The molecule has 1 amide bonds. The van der Waals surface area contributed by atoms with E-state index in [1.165, 1.54) is 0 Å². The first kappa shape index (κ1) is 16.4. The van der Waals surface area contributed by atoms with Crippen molar-refractivity contribution in [3.63, 3.8) is 0 Å². The van der Waals surface area contributed by atoms with Gasteiger partial charge in [-0.05, 0) is 42.5 Å². The number of hydrogen-bond donors (Lipinski definition) is 1. The summed E-state index contributed by atoms with van der Waals surface area (Å²) in [6.07, 6.45) is 3.39. The number of nitriles is 1. The van der Waals surface area contributed by atoms with Gasteiger partial charge in [-0.25, -0.2) is 4.98 Å². The summed E-state index contributed by atoms with van der Waals surface area (Å²) < 4.78 is 0. The van der Waals surface area contributed by atoms with E-state index in [-0.39, 0.29) is 5.91 Å². The zero-order chi connectivity index (χ0) is 18.6. The van der Waals surface area contributed by atoms with Crippen LogP contribution in [-0.2, 0) is 0 Å². The quantitative estimate of drug-likeness (QED) is 0.593. The van der Waals surface area contributed by atoms with Crippen LogP contribution in [0.4, 0.5) is 5.69 Å². The Balaban J connectivity index is 1.80. The lowest BCUT2D eigenvalue weighted by molar-refractivity contribution is 0.102. The number of pyridine rings is 2. The summed E-state index contributed by atoms with van der Waals surface area (Å²) in [6, 6.07) is 21.9. The van der Waals surface area contributed by atoms with Crippen LogP contribution in [0.1, 0.15) is 15.9 Å². The number of amides is 1. The van der Waals surface area contributed by atoms with E-state index in [0.29, 0.717) is 22.5 Å². The predicted molar refractivity (Wildman–Crippen MR) is 104 cm³/mol. The average Bonchev–Trinajstić information content (AvgIpc) is 2.73. The highest BCUT2D eigenvalue weighted by Crippen LogP contribution is 2.25. The van der Waals surface area contributed by atoms with Crippen LogP contribution in [0.5, 0.6) is 0 Å². The number of nitrogens with zero attached hydrogens (tertiary/aromatic N) is 3. The van der Waals surface area contributed by atoms with Gasteiger partial charge < -0.3 is 5.32 Å². The van der Waals surface area contributed by atoms with Crippen LogP contribution in [0.3, 0.4) is 0 Å². The number of nitrogens with one attached hydrogen (secondary N) is 1.